The van der Waals surface area contributed by atoms with Crippen molar-refractivity contribution in [3.05, 3.63) is 47.8 Å². The van der Waals surface area contributed by atoms with Crippen LogP contribution in [0.5, 0.6) is 0 Å². The van der Waals surface area contributed by atoms with E-state index in [1.54, 1.807) is 0 Å². The summed E-state index contributed by atoms with van der Waals surface area (Å²) in [4.78, 5) is 4.78. The van der Waals surface area contributed by atoms with Crippen LogP contribution in [0.1, 0.15) is 11.1 Å². The van der Waals surface area contributed by atoms with Crippen molar-refractivity contribution in [2.24, 2.45) is 5.92 Å². The van der Waals surface area contributed by atoms with Crippen LogP contribution in [-0.4, -0.2) is 66.5 Å². The van der Waals surface area contributed by atoms with E-state index < -0.39 is 0 Å². The molecule has 0 bridgehead atoms. The Morgan fingerprint density at radius 2 is 2.21 bits per heavy atom. The molecule has 1 fully saturated rings. The van der Waals surface area contributed by atoms with Crippen molar-refractivity contribution in [2.45, 2.75) is 13.5 Å². The van der Waals surface area contributed by atoms with E-state index in [0.29, 0.717) is 5.92 Å². The third-order valence-corrected chi connectivity index (χ3v) is 4.53. The molecule has 1 aliphatic heterocycles. The smallest absolute Gasteiger partial charge is 0.0648 e. The Hall–Kier alpha value is -1.69. The normalized spacial score (nSPS) is 19.6. The highest BCUT2D eigenvalue weighted by Gasteiger charge is 2.19. The second-order valence-corrected chi connectivity index (χ2v) is 7.00. The third kappa shape index (κ3) is 4.44. The van der Waals surface area contributed by atoms with Crippen LogP contribution in [0.2, 0.25) is 0 Å². The summed E-state index contributed by atoms with van der Waals surface area (Å²) in [5, 5.41) is 4.31. The number of ether oxygens (including phenoxy) is 1. The van der Waals surface area contributed by atoms with Gasteiger partial charge in [-0.15, -0.1) is 0 Å². The number of hydrogen-bond donors (Lipinski definition) is 0. The highest BCUT2D eigenvalue weighted by atomic mass is 16.5. The summed E-state index contributed by atoms with van der Waals surface area (Å²) in [5.41, 5.74) is 3.82. The minimum absolute atomic E-state index is 0.575. The second kappa shape index (κ2) is 7.92. The summed E-state index contributed by atoms with van der Waals surface area (Å²) >= 11 is 0. The van der Waals surface area contributed by atoms with Gasteiger partial charge >= 0.3 is 0 Å². The lowest BCUT2D eigenvalue weighted by Gasteiger charge is -2.26. The van der Waals surface area contributed by atoms with Gasteiger partial charge in [0, 0.05) is 44.5 Å². The predicted molar refractivity (Wildman–Crippen MR) is 96.4 cm³/mol. The van der Waals surface area contributed by atoms with Crippen LogP contribution in [0.15, 0.2) is 36.7 Å². The summed E-state index contributed by atoms with van der Waals surface area (Å²) in [6.45, 7) is 8.04. The number of rotatable bonds is 5. The van der Waals surface area contributed by atoms with Crippen molar-refractivity contribution in [3.8, 4) is 5.69 Å². The number of aromatic nitrogens is 2. The zero-order valence-electron chi connectivity index (χ0n) is 15.0. The lowest BCUT2D eigenvalue weighted by molar-refractivity contribution is 0.112. The largest absolute Gasteiger partial charge is 0.380 e. The molecule has 2 aromatic rings. The summed E-state index contributed by atoms with van der Waals surface area (Å²) in [5.74, 6) is 0.575. The fourth-order valence-electron chi connectivity index (χ4n) is 3.39. The first kappa shape index (κ1) is 17.1. The second-order valence-electron chi connectivity index (χ2n) is 7.00. The van der Waals surface area contributed by atoms with Crippen LogP contribution in [0, 0.1) is 12.8 Å². The SMILES string of the molecule is Cc1cc(-n2cccn2)ccc1CN1CCOC[C@@H](CN(C)C)C1. The number of nitrogens with zero attached hydrogens (tertiary/aromatic N) is 4. The molecule has 1 saturated heterocycles. The minimum Gasteiger partial charge on any atom is -0.380 e. The van der Waals surface area contributed by atoms with Gasteiger partial charge in [0.1, 0.15) is 0 Å². The molecule has 3 rings (SSSR count). The van der Waals surface area contributed by atoms with Crippen molar-refractivity contribution >= 4 is 0 Å². The topological polar surface area (TPSA) is 33.5 Å². The first-order valence-electron chi connectivity index (χ1n) is 8.66. The molecule has 0 spiro atoms. The Bertz CT molecular complexity index is 639. The van der Waals surface area contributed by atoms with Gasteiger partial charge in [-0.1, -0.05) is 6.07 Å². The van der Waals surface area contributed by atoms with Crippen LogP contribution in [0.3, 0.4) is 0 Å². The highest BCUT2D eigenvalue weighted by Crippen LogP contribution is 2.18. The van der Waals surface area contributed by atoms with E-state index in [0.717, 1.165) is 45.1 Å². The van der Waals surface area contributed by atoms with Gasteiger partial charge in [0.05, 0.1) is 18.9 Å². The molecule has 0 unspecified atom stereocenters. The zero-order chi connectivity index (χ0) is 16.9. The Labute approximate surface area is 144 Å². The fourth-order valence-corrected chi connectivity index (χ4v) is 3.39. The zero-order valence-corrected chi connectivity index (χ0v) is 15.0. The quantitative estimate of drug-likeness (QED) is 0.842. The van der Waals surface area contributed by atoms with Gasteiger partial charge in [-0.05, 0) is 50.3 Å². The van der Waals surface area contributed by atoms with E-state index in [1.165, 1.54) is 11.1 Å². The average Bonchev–Trinajstić information content (AvgIpc) is 2.98. The van der Waals surface area contributed by atoms with Gasteiger partial charge in [-0.25, -0.2) is 4.68 Å². The molecule has 2 heterocycles. The van der Waals surface area contributed by atoms with Crippen LogP contribution >= 0.6 is 0 Å². The van der Waals surface area contributed by atoms with E-state index in [1.807, 2.05) is 23.1 Å². The first-order chi connectivity index (χ1) is 11.6. The molecular formula is C19H28N4O. The lowest BCUT2D eigenvalue weighted by Crippen LogP contribution is -2.34. The third-order valence-electron chi connectivity index (χ3n) is 4.53. The molecule has 1 aromatic heterocycles. The maximum atomic E-state index is 5.79. The first-order valence-corrected chi connectivity index (χ1v) is 8.66. The lowest BCUT2D eigenvalue weighted by atomic mass is 10.1. The van der Waals surface area contributed by atoms with Gasteiger partial charge in [0.2, 0.25) is 0 Å². The van der Waals surface area contributed by atoms with Crippen LogP contribution < -0.4 is 0 Å². The van der Waals surface area contributed by atoms with Crippen LogP contribution in [0.4, 0.5) is 0 Å². The molecule has 1 aliphatic rings. The molecule has 0 N–H and O–H groups in total. The Kier molecular flexibility index (Phi) is 5.66. The minimum atomic E-state index is 0.575. The van der Waals surface area contributed by atoms with Crippen molar-refractivity contribution in [1.29, 1.82) is 0 Å². The van der Waals surface area contributed by atoms with Crippen molar-refractivity contribution in [1.82, 2.24) is 19.6 Å². The maximum Gasteiger partial charge on any atom is 0.0648 e. The average molecular weight is 328 g/mol. The van der Waals surface area contributed by atoms with Crippen molar-refractivity contribution in [2.75, 3.05) is 46.9 Å². The number of benzene rings is 1. The molecule has 5 heteroatoms. The van der Waals surface area contributed by atoms with E-state index in [-0.39, 0.29) is 0 Å². The number of aryl methyl sites for hydroxylation is 1. The molecule has 1 aromatic carbocycles. The molecule has 0 aliphatic carbocycles. The van der Waals surface area contributed by atoms with Crippen molar-refractivity contribution in [3.63, 3.8) is 0 Å². The highest BCUT2D eigenvalue weighted by molar-refractivity contribution is 5.39. The summed E-state index contributed by atoms with van der Waals surface area (Å²) in [7, 11) is 4.26. The summed E-state index contributed by atoms with van der Waals surface area (Å²) in [6.07, 6.45) is 3.79. The summed E-state index contributed by atoms with van der Waals surface area (Å²) in [6, 6.07) is 8.55. The van der Waals surface area contributed by atoms with Gasteiger partial charge in [-0.3, -0.25) is 4.90 Å². The monoisotopic (exact) mass is 328 g/mol. The Morgan fingerprint density at radius 3 is 2.92 bits per heavy atom. The molecule has 24 heavy (non-hydrogen) atoms. The molecule has 0 radical (unpaired) electrons. The summed E-state index contributed by atoms with van der Waals surface area (Å²) < 4.78 is 7.70. The Morgan fingerprint density at radius 1 is 1.33 bits per heavy atom. The van der Waals surface area contributed by atoms with E-state index in [4.69, 9.17) is 4.74 Å². The standard InChI is InChI=1S/C19H28N4O/c1-16-11-19(23-8-4-7-20-23)6-5-18(16)14-22-9-10-24-15-17(13-22)12-21(2)3/h4-8,11,17H,9-10,12-15H2,1-3H3/t17-/m0/s1. The molecule has 1 atom stereocenters. The van der Waals surface area contributed by atoms with E-state index in [2.05, 4.69) is 54.1 Å². The van der Waals surface area contributed by atoms with Crippen LogP contribution in [-0.2, 0) is 11.3 Å². The number of hydrogen-bond acceptors (Lipinski definition) is 4. The van der Waals surface area contributed by atoms with Gasteiger partial charge in [-0.2, -0.15) is 5.10 Å². The molecular weight excluding hydrogens is 300 g/mol. The molecule has 0 saturated carbocycles. The maximum absolute atomic E-state index is 5.79. The Balaban J connectivity index is 1.68. The van der Waals surface area contributed by atoms with Crippen LogP contribution in [0.25, 0.3) is 5.69 Å². The van der Waals surface area contributed by atoms with Gasteiger partial charge < -0.3 is 9.64 Å². The van der Waals surface area contributed by atoms with Crippen molar-refractivity contribution < 1.29 is 4.74 Å². The molecule has 0 amide bonds. The molecule has 130 valence electrons. The van der Waals surface area contributed by atoms with Gasteiger partial charge in [0.15, 0.2) is 0 Å². The fraction of sp³-hybridized carbons (Fsp3) is 0.526. The van der Waals surface area contributed by atoms with E-state index in [9.17, 15) is 0 Å². The van der Waals surface area contributed by atoms with Gasteiger partial charge in [0.25, 0.3) is 0 Å². The molecule has 5 nitrogen and oxygen atoms in total. The van der Waals surface area contributed by atoms with E-state index >= 15 is 0 Å². The predicted octanol–water partition coefficient (Wildman–Crippen LogP) is 2.19.